The van der Waals surface area contributed by atoms with Gasteiger partial charge in [0.05, 0.1) is 2.74 Å². The molecule has 0 saturated carbocycles. The highest BCUT2D eigenvalue weighted by molar-refractivity contribution is 5.77. The quantitative estimate of drug-likeness (QED) is 0.660. The molecule has 0 amide bonds. The van der Waals surface area contributed by atoms with Crippen LogP contribution in [-0.2, 0) is 5.92 Å². The highest BCUT2D eigenvalue weighted by atomic mass is 19.3. The molecule has 1 aromatic heterocycles. The maximum absolute atomic E-state index is 12.9. The van der Waals surface area contributed by atoms with Crippen molar-refractivity contribution in [1.29, 1.82) is 0 Å². The van der Waals surface area contributed by atoms with Crippen molar-refractivity contribution in [3.05, 3.63) is 36.0 Å². The molecule has 0 fully saturated rings. The van der Waals surface area contributed by atoms with Gasteiger partial charge in [-0.05, 0) is 12.1 Å². The lowest BCUT2D eigenvalue weighted by Crippen LogP contribution is -2.04. The van der Waals surface area contributed by atoms with Crippen LogP contribution in [0.4, 0.5) is 8.78 Å². The number of para-hydroxylation sites is 1. The minimum Gasteiger partial charge on any atom is -0.455 e. The van der Waals surface area contributed by atoms with Crippen LogP contribution in [0.2, 0.25) is 0 Å². The first-order valence-electron chi connectivity index (χ1n) is 4.77. The third-order valence-corrected chi connectivity index (χ3v) is 1.74. The van der Waals surface area contributed by atoms with Gasteiger partial charge in [-0.3, -0.25) is 0 Å². The third-order valence-electron chi connectivity index (χ3n) is 1.74. The van der Waals surface area contributed by atoms with E-state index in [9.17, 15) is 8.78 Å². The SMILES string of the molecule is [2H]c1cc2cc(C(C)(F)F)oc2cc1[2H]. The molecular weight excluding hydrogens is 174 g/mol. The second-order valence-electron chi connectivity index (χ2n) is 2.90. The van der Waals surface area contributed by atoms with Crippen molar-refractivity contribution in [2.75, 3.05) is 0 Å². The second-order valence-corrected chi connectivity index (χ2v) is 2.90. The normalized spacial score (nSPS) is 14.4. The van der Waals surface area contributed by atoms with Crippen LogP contribution >= 0.6 is 0 Å². The van der Waals surface area contributed by atoms with Gasteiger partial charge in [0.2, 0.25) is 0 Å². The molecule has 0 unspecified atom stereocenters. The Bertz CT molecular complexity index is 475. The largest absolute Gasteiger partial charge is 0.455 e. The predicted octanol–water partition coefficient (Wildman–Crippen LogP) is 3.54. The lowest BCUT2D eigenvalue weighted by Gasteiger charge is -2.03. The van der Waals surface area contributed by atoms with Crippen molar-refractivity contribution < 1.29 is 15.9 Å². The molecule has 0 N–H and O–H groups in total. The van der Waals surface area contributed by atoms with Crippen molar-refractivity contribution in [2.45, 2.75) is 12.8 Å². The summed E-state index contributed by atoms with van der Waals surface area (Å²) in [6, 6.07) is 3.77. The number of hydrogen-bond acceptors (Lipinski definition) is 1. The molecule has 0 radical (unpaired) electrons. The van der Waals surface area contributed by atoms with Crippen molar-refractivity contribution in [1.82, 2.24) is 0 Å². The summed E-state index contributed by atoms with van der Waals surface area (Å²) in [5.41, 5.74) is 0.215. The highest BCUT2D eigenvalue weighted by Gasteiger charge is 2.28. The molecule has 3 heteroatoms. The Morgan fingerprint density at radius 1 is 1.38 bits per heavy atom. The maximum atomic E-state index is 12.9. The van der Waals surface area contributed by atoms with E-state index in [2.05, 4.69) is 0 Å². The zero-order chi connectivity index (χ0) is 11.2. The van der Waals surface area contributed by atoms with E-state index in [-0.39, 0.29) is 17.7 Å². The topological polar surface area (TPSA) is 13.1 Å². The van der Waals surface area contributed by atoms with Gasteiger partial charge in [-0.15, -0.1) is 0 Å². The summed E-state index contributed by atoms with van der Waals surface area (Å²) < 4.78 is 45.4. The Kier molecular flexibility index (Phi) is 1.20. The van der Waals surface area contributed by atoms with Gasteiger partial charge in [-0.2, -0.15) is 8.78 Å². The van der Waals surface area contributed by atoms with Crippen LogP contribution in [0.15, 0.2) is 34.7 Å². The summed E-state index contributed by atoms with van der Waals surface area (Å²) in [6.07, 6.45) is 0. The average Bonchev–Trinajstić information content (AvgIpc) is 2.47. The smallest absolute Gasteiger partial charge is 0.301 e. The van der Waals surface area contributed by atoms with E-state index < -0.39 is 11.7 Å². The van der Waals surface area contributed by atoms with Gasteiger partial charge < -0.3 is 4.42 Å². The molecule has 0 spiro atoms. The zero-order valence-electron chi connectivity index (χ0n) is 8.90. The van der Waals surface area contributed by atoms with E-state index in [0.29, 0.717) is 5.39 Å². The van der Waals surface area contributed by atoms with Gasteiger partial charge in [-0.25, -0.2) is 0 Å². The third kappa shape index (κ3) is 1.41. The van der Waals surface area contributed by atoms with Gasteiger partial charge >= 0.3 is 5.92 Å². The minimum absolute atomic E-state index is 0.00531. The highest BCUT2D eigenvalue weighted by Crippen LogP contribution is 2.31. The van der Waals surface area contributed by atoms with Gasteiger partial charge in [0, 0.05) is 12.3 Å². The fourth-order valence-corrected chi connectivity index (χ4v) is 1.09. The minimum atomic E-state index is -3.04. The van der Waals surface area contributed by atoms with E-state index in [1.807, 2.05) is 0 Å². The van der Waals surface area contributed by atoms with Crippen molar-refractivity contribution in [3.8, 4) is 0 Å². The van der Waals surface area contributed by atoms with E-state index in [4.69, 9.17) is 7.16 Å². The molecular formula is C10H8F2O. The van der Waals surface area contributed by atoms with Crippen LogP contribution in [0, 0.1) is 0 Å². The maximum Gasteiger partial charge on any atom is 0.301 e. The molecule has 0 atom stereocenters. The van der Waals surface area contributed by atoms with Gasteiger partial charge in [0.1, 0.15) is 5.58 Å². The van der Waals surface area contributed by atoms with E-state index in [1.54, 1.807) is 0 Å². The molecule has 2 aromatic rings. The molecule has 0 aliphatic heterocycles. The lowest BCUT2D eigenvalue weighted by atomic mass is 10.2. The monoisotopic (exact) mass is 184 g/mol. The van der Waals surface area contributed by atoms with Crippen molar-refractivity contribution >= 4 is 11.0 Å². The molecule has 0 saturated heterocycles. The number of alkyl halides is 2. The van der Waals surface area contributed by atoms with E-state index in [1.165, 1.54) is 18.2 Å². The first-order valence-corrected chi connectivity index (χ1v) is 3.77. The molecule has 68 valence electrons. The number of fused-ring (bicyclic) bond motifs is 1. The Morgan fingerprint density at radius 2 is 2.08 bits per heavy atom. The summed E-state index contributed by atoms with van der Waals surface area (Å²) >= 11 is 0. The Morgan fingerprint density at radius 3 is 2.77 bits per heavy atom. The van der Waals surface area contributed by atoms with Crippen LogP contribution < -0.4 is 0 Å². The van der Waals surface area contributed by atoms with Gasteiger partial charge in [-0.1, -0.05) is 18.2 Å². The zero-order valence-corrected chi connectivity index (χ0v) is 6.90. The van der Waals surface area contributed by atoms with Gasteiger partial charge in [0.15, 0.2) is 5.76 Å². The van der Waals surface area contributed by atoms with E-state index in [0.717, 1.165) is 6.92 Å². The Hall–Kier alpha value is -1.38. The van der Waals surface area contributed by atoms with Crippen LogP contribution in [0.3, 0.4) is 0 Å². The van der Waals surface area contributed by atoms with Crippen molar-refractivity contribution in [2.24, 2.45) is 0 Å². The molecule has 0 aliphatic rings. The molecule has 0 aliphatic carbocycles. The fourth-order valence-electron chi connectivity index (χ4n) is 1.09. The summed E-state index contributed by atoms with van der Waals surface area (Å²) in [6.45, 7) is 0.744. The number of benzene rings is 1. The van der Waals surface area contributed by atoms with Crippen LogP contribution in [-0.4, -0.2) is 0 Å². The standard InChI is InChI=1S/C10H8F2O/c1-10(11,12)9-6-7-4-2-3-5-8(7)13-9/h2-6H,1H3/i2D,3D. The molecule has 1 nitrogen and oxygen atoms in total. The number of halogens is 2. The summed E-state index contributed by atoms with van der Waals surface area (Å²) in [4.78, 5) is 0. The fraction of sp³-hybridized carbons (Fsp3) is 0.200. The number of hydrogen-bond donors (Lipinski definition) is 0. The molecule has 2 rings (SSSR count). The summed E-state index contributed by atoms with van der Waals surface area (Å²) in [5.74, 6) is -3.48. The second kappa shape index (κ2) is 2.55. The average molecular weight is 184 g/mol. The molecule has 1 heterocycles. The molecule has 13 heavy (non-hydrogen) atoms. The molecule has 1 aromatic carbocycles. The van der Waals surface area contributed by atoms with Crippen molar-refractivity contribution in [3.63, 3.8) is 0 Å². The number of furan rings is 1. The lowest BCUT2D eigenvalue weighted by molar-refractivity contribution is -0.00382. The van der Waals surface area contributed by atoms with Crippen LogP contribution in [0.1, 0.15) is 15.4 Å². The Balaban J connectivity index is 2.66. The van der Waals surface area contributed by atoms with Crippen LogP contribution in [0.25, 0.3) is 11.0 Å². The summed E-state index contributed by atoms with van der Waals surface area (Å²) in [5, 5.41) is 0.424. The Labute approximate surface area is 76.8 Å². The molecule has 0 bridgehead atoms. The predicted molar refractivity (Wildman–Crippen MR) is 45.8 cm³/mol. The van der Waals surface area contributed by atoms with Gasteiger partial charge in [0.25, 0.3) is 0 Å². The first-order chi connectivity index (χ1) is 6.88. The number of rotatable bonds is 1. The van der Waals surface area contributed by atoms with Crippen LogP contribution in [0.5, 0.6) is 0 Å². The first kappa shape index (κ1) is 6.13. The van der Waals surface area contributed by atoms with E-state index >= 15 is 0 Å². The summed E-state index contributed by atoms with van der Waals surface area (Å²) in [7, 11) is 0.